The van der Waals surface area contributed by atoms with Crippen LogP contribution in [-0.4, -0.2) is 4.57 Å². The monoisotopic (exact) mass is 589 g/mol. The van der Waals surface area contributed by atoms with Crippen LogP contribution in [0.5, 0.6) is 0 Å². The van der Waals surface area contributed by atoms with Gasteiger partial charge in [-0.25, -0.2) is 0 Å². The first-order chi connectivity index (χ1) is 22.3. The summed E-state index contributed by atoms with van der Waals surface area (Å²) in [5, 5.41) is 6.42. The van der Waals surface area contributed by atoms with Gasteiger partial charge in [-0.2, -0.15) is 0 Å². The second-order valence-corrected chi connectivity index (χ2v) is 13.1. The molecule has 0 radical (unpaired) electrons. The van der Waals surface area contributed by atoms with Crippen molar-refractivity contribution < 1.29 is 0 Å². The summed E-state index contributed by atoms with van der Waals surface area (Å²) in [6, 6.07) is 60.4. The molecule has 0 fully saturated rings. The summed E-state index contributed by atoms with van der Waals surface area (Å²) in [6.45, 7) is 0. The molecule has 10 rings (SSSR count). The lowest BCUT2D eigenvalue weighted by Gasteiger charge is -2.32. The lowest BCUT2D eigenvalue weighted by molar-refractivity contribution is 0.785. The minimum atomic E-state index is -0.399. The first kappa shape index (κ1) is 24.9. The first-order valence-corrected chi connectivity index (χ1v) is 16.3. The Morgan fingerprint density at radius 2 is 1.13 bits per heavy atom. The fraction of sp³-hybridized carbons (Fsp3) is 0.0233. The summed E-state index contributed by atoms with van der Waals surface area (Å²) in [4.78, 5) is 1.40. The van der Waals surface area contributed by atoms with Crippen LogP contribution in [-0.2, 0) is 5.41 Å². The van der Waals surface area contributed by atoms with Crippen molar-refractivity contribution in [1.29, 1.82) is 0 Å². The highest BCUT2D eigenvalue weighted by molar-refractivity contribution is 7.21. The summed E-state index contributed by atoms with van der Waals surface area (Å²) in [6.07, 6.45) is 0. The van der Waals surface area contributed by atoms with E-state index in [1.165, 1.54) is 81.0 Å². The van der Waals surface area contributed by atoms with Crippen LogP contribution in [0.1, 0.15) is 21.6 Å². The third-order valence-electron chi connectivity index (χ3n) is 9.84. The van der Waals surface area contributed by atoms with Gasteiger partial charge in [0.05, 0.1) is 21.1 Å². The van der Waals surface area contributed by atoms with Crippen molar-refractivity contribution in [1.82, 2.24) is 4.57 Å². The zero-order chi connectivity index (χ0) is 29.5. The molecule has 9 aromatic rings. The Hall–Kier alpha value is -5.44. The van der Waals surface area contributed by atoms with E-state index < -0.39 is 5.41 Å². The van der Waals surface area contributed by atoms with Crippen molar-refractivity contribution in [3.8, 4) is 16.8 Å². The van der Waals surface area contributed by atoms with Gasteiger partial charge in [-0.3, -0.25) is 0 Å². The van der Waals surface area contributed by atoms with Gasteiger partial charge in [-0.1, -0.05) is 146 Å². The first-order valence-electron chi connectivity index (χ1n) is 15.5. The average Bonchev–Trinajstić information content (AvgIpc) is 3.75. The molecule has 2 aromatic heterocycles. The molecule has 0 aliphatic heterocycles. The zero-order valence-corrected chi connectivity index (χ0v) is 25.3. The van der Waals surface area contributed by atoms with Gasteiger partial charge in [0.25, 0.3) is 0 Å². The number of fused-ring (bicyclic) bond motifs is 10. The minimum Gasteiger partial charge on any atom is -0.308 e. The van der Waals surface area contributed by atoms with Crippen LogP contribution in [0.15, 0.2) is 164 Å². The zero-order valence-electron chi connectivity index (χ0n) is 24.4. The number of benzene rings is 7. The van der Waals surface area contributed by atoms with E-state index in [4.69, 9.17) is 0 Å². The van der Waals surface area contributed by atoms with Crippen molar-refractivity contribution in [2.24, 2.45) is 0 Å². The maximum atomic E-state index is 2.50. The summed E-state index contributed by atoms with van der Waals surface area (Å²) < 4.78 is 3.84. The Bertz CT molecular complexity index is 2550. The number of thiophene rings is 1. The molecule has 0 atom stereocenters. The fourth-order valence-corrected chi connectivity index (χ4v) is 9.59. The third-order valence-corrected chi connectivity index (χ3v) is 11.2. The van der Waals surface area contributed by atoms with Crippen LogP contribution in [0.4, 0.5) is 0 Å². The number of hydrogen-bond acceptors (Lipinski definition) is 1. The molecular formula is C43H27NS. The molecule has 0 saturated carbocycles. The highest BCUT2D eigenvalue weighted by Gasteiger charge is 2.48. The van der Waals surface area contributed by atoms with Crippen LogP contribution >= 0.6 is 11.3 Å². The minimum absolute atomic E-state index is 0.399. The molecule has 2 heterocycles. The molecule has 1 aliphatic carbocycles. The molecule has 0 bridgehead atoms. The van der Waals surface area contributed by atoms with Crippen LogP contribution in [0, 0.1) is 0 Å². The van der Waals surface area contributed by atoms with E-state index in [0.717, 1.165) is 0 Å². The maximum Gasteiger partial charge on any atom is 0.0807 e. The quantitative estimate of drug-likeness (QED) is 0.193. The number of para-hydroxylation sites is 1. The molecule has 210 valence electrons. The predicted octanol–water partition coefficient (Wildman–Crippen LogP) is 11.5. The molecule has 45 heavy (non-hydrogen) atoms. The molecule has 0 spiro atoms. The molecule has 7 aromatic carbocycles. The van der Waals surface area contributed by atoms with Crippen LogP contribution in [0.2, 0.25) is 0 Å². The van der Waals surface area contributed by atoms with E-state index >= 15 is 0 Å². The Labute approximate surface area is 265 Å². The van der Waals surface area contributed by atoms with Crippen molar-refractivity contribution >= 4 is 54.0 Å². The molecule has 0 N–H and O–H groups in total. The Balaban J connectivity index is 1.39. The van der Waals surface area contributed by atoms with Gasteiger partial charge in [0.15, 0.2) is 0 Å². The van der Waals surface area contributed by atoms with Gasteiger partial charge in [-0.15, -0.1) is 11.3 Å². The summed E-state index contributed by atoms with van der Waals surface area (Å²) in [7, 11) is 0. The number of rotatable bonds is 3. The topological polar surface area (TPSA) is 4.93 Å². The Morgan fingerprint density at radius 3 is 1.93 bits per heavy atom. The highest BCUT2D eigenvalue weighted by atomic mass is 32.1. The summed E-state index contributed by atoms with van der Waals surface area (Å²) in [5.74, 6) is 0. The molecular weight excluding hydrogens is 563 g/mol. The van der Waals surface area contributed by atoms with Crippen molar-refractivity contribution in [3.63, 3.8) is 0 Å². The molecule has 1 aliphatic rings. The predicted molar refractivity (Wildman–Crippen MR) is 191 cm³/mol. The molecule has 0 unspecified atom stereocenters. The third kappa shape index (κ3) is 3.27. The number of hydrogen-bond donors (Lipinski definition) is 0. The van der Waals surface area contributed by atoms with Gasteiger partial charge in [0, 0.05) is 32.3 Å². The van der Waals surface area contributed by atoms with Gasteiger partial charge >= 0.3 is 0 Å². The fourth-order valence-electron chi connectivity index (χ4n) is 7.98. The van der Waals surface area contributed by atoms with Crippen LogP contribution in [0.25, 0.3) is 59.5 Å². The Morgan fingerprint density at radius 1 is 0.489 bits per heavy atom. The summed E-state index contributed by atoms with van der Waals surface area (Å²) >= 11 is 1.98. The largest absolute Gasteiger partial charge is 0.308 e. The van der Waals surface area contributed by atoms with Gasteiger partial charge in [-0.05, 0) is 51.2 Å². The van der Waals surface area contributed by atoms with E-state index in [1.807, 2.05) is 11.3 Å². The SMILES string of the molecule is c1ccc(C2(c3ccccc3)c3ccccc3-c3c2sc2c3ccc3c4ccccc4n(-c4ccc5ccccc5c4)c32)cc1. The number of nitrogens with zero attached hydrogens (tertiary/aromatic N) is 1. The molecule has 0 amide bonds. The van der Waals surface area contributed by atoms with Crippen molar-refractivity contribution in [3.05, 3.63) is 185 Å². The van der Waals surface area contributed by atoms with Gasteiger partial charge in [0.1, 0.15) is 0 Å². The highest BCUT2D eigenvalue weighted by Crippen LogP contribution is 2.61. The summed E-state index contributed by atoms with van der Waals surface area (Å²) in [5.41, 5.74) is 10.00. The maximum absolute atomic E-state index is 2.50. The second-order valence-electron chi connectivity index (χ2n) is 12.1. The average molecular weight is 590 g/mol. The second kappa shape index (κ2) is 9.28. The van der Waals surface area contributed by atoms with Crippen LogP contribution < -0.4 is 0 Å². The van der Waals surface area contributed by atoms with Crippen LogP contribution in [0.3, 0.4) is 0 Å². The smallest absolute Gasteiger partial charge is 0.0807 e. The van der Waals surface area contributed by atoms with E-state index in [9.17, 15) is 0 Å². The lowest BCUT2D eigenvalue weighted by Crippen LogP contribution is -2.27. The van der Waals surface area contributed by atoms with Crippen molar-refractivity contribution in [2.75, 3.05) is 0 Å². The molecule has 1 nitrogen and oxygen atoms in total. The lowest BCUT2D eigenvalue weighted by atomic mass is 9.71. The van der Waals surface area contributed by atoms with E-state index in [1.54, 1.807) is 0 Å². The van der Waals surface area contributed by atoms with E-state index in [2.05, 4.69) is 168 Å². The normalized spacial score (nSPS) is 13.5. The molecule has 0 saturated heterocycles. The standard InChI is InChI=1S/C43H27NS/c1-3-15-30(16-4-1)43(31-17-5-2-6-18-31)37-21-11-9-20-35(37)39-36-26-25-34-33-19-10-12-22-38(33)44(40(34)41(36)45-42(39)43)32-24-23-28-13-7-8-14-29(28)27-32/h1-27H. The van der Waals surface area contributed by atoms with Crippen molar-refractivity contribution in [2.45, 2.75) is 5.41 Å². The Kier molecular flexibility index (Phi) is 5.14. The van der Waals surface area contributed by atoms with E-state index in [-0.39, 0.29) is 0 Å². The van der Waals surface area contributed by atoms with Gasteiger partial charge < -0.3 is 4.57 Å². The van der Waals surface area contributed by atoms with Gasteiger partial charge in [0.2, 0.25) is 0 Å². The van der Waals surface area contributed by atoms with E-state index in [0.29, 0.717) is 0 Å². The number of aromatic nitrogens is 1. The molecule has 2 heteroatoms.